The van der Waals surface area contributed by atoms with Gasteiger partial charge in [0.25, 0.3) is 0 Å². The molecule has 0 N–H and O–H groups in total. The highest BCUT2D eigenvalue weighted by molar-refractivity contribution is 5.71. The topological polar surface area (TPSA) is 85.9 Å². The number of aryl methyl sites for hydroxylation is 1. The molecule has 0 spiro atoms. The first-order valence-corrected chi connectivity index (χ1v) is 9.38. The summed E-state index contributed by atoms with van der Waals surface area (Å²) in [6.45, 7) is 1.77. The van der Waals surface area contributed by atoms with E-state index in [2.05, 4.69) is 11.1 Å². The number of fused-ring (bicyclic) bond motifs is 2. The summed E-state index contributed by atoms with van der Waals surface area (Å²) in [5.41, 5.74) is 4.34. The number of imidazole rings is 1. The Bertz CT molecular complexity index is 1100. The quantitative estimate of drug-likeness (QED) is 0.601. The molecule has 1 aliphatic rings. The maximum atomic E-state index is 12.0. The van der Waals surface area contributed by atoms with Crippen LogP contribution in [-0.2, 0) is 27.1 Å². The third kappa shape index (κ3) is 3.55. The lowest BCUT2D eigenvalue weighted by molar-refractivity contribution is -0.157. The molecule has 2 atom stereocenters. The van der Waals surface area contributed by atoms with Crippen molar-refractivity contribution in [2.45, 2.75) is 32.0 Å². The maximum Gasteiger partial charge on any atom is 0.332 e. The summed E-state index contributed by atoms with van der Waals surface area (Å²) >= 11 is 0. The molecule has 2 heterocycles. The highest BCUT2D eigenvalue weighted by Gasteiger charge is 2.37. The molecule has 7 nitrogen and oxygen atoms in total. The van der Waals surface area contributed by atoms with Gasteiger partial charge in [-0.3, -0.25) is 4.40 Å². The molecular weight excluding hydrogens is 370 g/mol. The summed E-state index contributed by atoms with van der Waals surface area (Å²) in [7, 11) is 1.46. The minimum Gasteiger partial charge on any atom is -0.478 e. The Hall–Kier alpha value is -3.37. The van der Waals surface area contributed by atoms with E-state index >= 15 is 0 Å². The van der Waals surface area contributed by atoms with Crippen LogP contribution in [0.5, 0.6) is 5.75 Å². The van der Waals surface area contributed by atoms with Crippen molar-refractivity contribution in [3.63, 3.8) is 0 Å². The van der Waals surface area contributed by atoms with Crippen LogP contribution < -0.4 is 4.74 Å². The third-order valence-corrected chi connectivity index (χ3v) is 5.08. The van der Waals surface area contributed by atoms with Crippen molar-refractivity contribution in [2.75, 3.05) is 13.7 Å². The molecule has 0 unspecified atom stereocenters. The second-order valence-corrected chi connectivity index (χ2v) is 6.95. The number of esters is 1. The summed E-state index contributed by atoms with van der Waals surface area (Å²) in [6, 6.07) is 13.8. The largest absolute Gasteiger partial charge is 0.478 e. The summed E-state index contributed by atoms with van der Waals surface area (Å²) in [4.78, 5) is 16.6. The fourth-order valence-corrected chi connectivity index (χ4v) is 3.81. The lowest BCUT2D eigenvalue weighted by atomic mass is 10.1. The summed E-state index contributed by atoms with van der Waals surface area (Å²) in [5.74, 6) is 0.152. The molecule has 0 saturated heterocycles. The number of methoxy groups -OCH3 is 1. The van der Waals surface area contributed by atoms with Crippen LogP contribution in [-0.4, -0.2) is 35.2 Å². The fourth-order valence-electron chi connectivity index (χ4n) is 3.81. The van der Waals surface area contributed by atoms with Gasteiger partial charge in [-0.05, 0) is 30.2 Å². The van der Waals surface area contributed by atoms with Crippen molar-refractivity contribution < 1.29 is 19.0 Å². The summed E-state index contributed by atoms with van der Waals surface area (Å²) in [6.07, 6.45) is 1.81. The number of rotatable bonds is 6. The van der Waals surface area contributed by atoms with Gasteiger partial charge in [0.1, 0.15) is 12.7 Å². The van der Waals surface area contributed by atoms with Crippen LogP contribution in [0.1, 0.15) is 28.6 Å². The van der Waals surface area contributed by atoms with E-state index in [-0.39, 0.29) is 13.0 Å². The molecule has 1 aliphatic carbocycles. The van der Waals surface area contributed by atoms with E-state index in [1.54, 1.807) is 0 Å². The van der Waals surface area contributed by atoms with Gasteiger partial charge in [0.15, 0.2) is 17.5 Å². The van der Waals surface area contributed by atoms with Crippen molar-refractivity contribution >= 4 is 11.6 Å². The molecule has 0 radical (unpaired) electrons. The molecule has 3 aromatic rings. The number of carbonyl (C=O) groups excluding carboxylic acids is 1. The SMILES string of the molecule is COCC(=O)O[C@@H]1Cc2ccccc2[C@H]1Oc1cccn2c(CC#N)c(C)nc12. The predicted molar refractivity (Wildman–Crippen MR) is 105 cm³/mol. The smallest absolute Gasteiger partial charge is 0.332 e. The second kappa shape index (κ2) is 7.94. The lowest BCUT2D eigenvalue weighted by Crippen LogP contribution is -2.28. The van der Waals surface area contributed by atoms with Gasteiger partial charge in [0.05, 0.1) is 23.9 Å². The molecule has 0 bridgehead atoms. The summed E-state index contributed by atoms with van der Waals surface area (Å²) < 4.78 is 18.8. The molecule has 0 fully saturated rings. The number of pyridine rings is 1. The summed E-state index contributed by atoms with van der Waals surface area (Å²) in [5, 5.41) is 9.11. The zero-order chi connectivity index (χ0) is 20.4. The number of benzene rings is 1. The third-order valence-electron chi connectivity index (χ3n) is 5.08. The van der Waals surface area contributed by atoms with Crippen LogP contribution in [0.15, 0.2) is 42.6 Å². The molecule has 7 heteroatoms. The van der Waals surface area contributed by atoms with E-state index in [1.165, 1.54) is 7.11 Å². The van der Waals surface area contributed by atoms with E-state index in [4.69, 9.17) is 19.5 Å². The zero-order valence-corrected chi connectivity index (χ0v) is 16.3. The fraction of sp³-hybridized carbons (Fsp3) is 0.318. The van der Waals surface area contributed by atoms with Crippen LogP contribution in [0, 0.1) is 18.3 Å². The first-order chi connectivity index (χ1) is 14.1. The Balaban J connectivity index is 1.70. The zero-order valence-electron chi connectivity index (χ0n) is 16.3. The van der Waals surface area contributed by atoms with Gasteiger partial charge in [-0.25, -0.2) is 9.78 Å². The molecule has 4 rings (SSSR count). The monoisotopic (exact) mass is 391 g/mol. The van der Waals surface area contributed by atoms with Crippen LogP contribution in [0.3, 0.4) is 0 Å². The molecule has 2 aromatic heterocycles. The predicted octanol–water partition coefficient (Wildman–Crippen LogP) is 2.94. The van der Waals surface area contributed by atoms with Crippen molar-refractivity contribution in [2.24, 2.45) is 0 Å². The van der Waals surface area contributed by atoms with Gasteiger partial charge in [-0.2, -0.15) is 5.26 Å². The van der Waals surface area contributed by atoms with E-state index in [0.717, 1.165) is 22.5 Å². The molecule has 0 saturated carbocycles. The van der Waals surface area contributed by atoms with Crippen molar-refractivity contribution in [3.05, 3.63) is 65.1 Å². The minimum absolute atomic E-state index is 0.105. The molecule has 1 aromatic carbocycles. The van der Waals surface area contributed by atoms with Gasteiger partial charge >= 0.3 is 5.97 Å². The Morgan fingerprint density at radius 1 is 1.31 bits per heavy atom. The van der Waals surface area contributed by atoms with Crippen molar-refractivity contribution in [1.82, 2.24) is 9.38 Å². The van der Waals surface area contributed by atoms with Crippen LogP contribution in [0.2, 0.25) is 0 Å². The van der Waals surface area contributed by atoms with E-state index < -0.39 is 18.2 Å². The molecule has 0 amide bonds. The Morgan fingerprint density at radius 2 is 2.14 bits per heavy atom. The average molecular weight is 391 g/mol. The van der Waals surface area contributed by atoms with Gasteiger partial charge in [-0.1, -0.05) is 24.3 Å². The van der Waals surface area contributed by atoms with Gasteiger partial charge in [0, 0.05) is 19.7 Å². The number of hydrogen-bond acceptors (Lipinski definition) is 6. The number of hydrogen-bond donors (Lipinski definition) is 0. The van der Waals surface area contributed by atoms with Gasteiger partial charge < -0.3 is 14.2 Å². The molecule has 0 aliphatic heterocycles. The highest BCUT2D eigenvalue weighted by atomic mass is 16.6. The Labute approximate surface area is 168 Å². The van der Waals surface area contributed by atoms with Gasteiger partial charge in [-0.15, -0.1) is 0 Å². The maximum absolute atomic E-state index is 12.0. The van der Waals surface area contributed by atoms with E-state index in [0.29, 0.717) is 17.8 Å². The number of nitriles is 1. The van der Waals surface area contributed by atoms with E-state index in [9.17, 15) is 4.79 Å². The normalized spacial score (nSPS) is 17.7. The van der Waals surface area contributed by atoms with Crippen LogP contribution in [0.25, 0.3) is 5.65 Å². The van der Waals surface area contributed by atoms with E-state index in [1.807, 2.05) is 53.9 Å². The molecule has 29 heavy (non-hydrogen) atoms. The van der Waals surface area contributed by atoms with Crippen molar-refractivity contribution in [3.8, 4) is 11.8 Å². The van der Waals surface area contributed by atoms with Gasteiger partial charge in [0.2, 0.25) is 0 Å². The van der Waals surface area contributed by atoms with Crippen LogP contribution in [0.4, 0.5) is 0 Å². The molecule has 148 valence electrons. The minimum atomic E-state index is -0.454. The Morgan fingerprint density at radius 3 is 2.93 bits per heavy atom. The average Bonchev–Trinajstić information content (AvgIpc) is 3.21. The Kier molecular flexibility index (Phi) is 5.19. The lowest BCUT2D eigenvalue weighted by Gasteiger charge is -2.22. The number of aromatic nitrogens is 2. The standard InChI is InChI=1S/C22H21N3O4/c1-14-17(9-10-23)25-11-5-8-18(22(25)24-14)29-21-16-7-4-3-6-15(16)12-19(21)28-20(26)13-27-2/h3-8,11,19,21H,9,12-13H2,1-2H3/t19-,21-/m1/s1. The number of ether oxygens (including phenoxy) is 3. The first-order valence-electron chi connectivity index (χ1n) is 9.38. The first kappa shape index (κ1) is 19.0. The molecular formula is C22H21N3O4. The highest BCUT2D eigenvalue weighted by Crippen LogP contribution is 2.38. The number of nitrogens with zero attached hydrogens (tertiary/aromatic N) is 3. The van der Waals surface area contributed by atoms with Crippen molar-refractivity contribution in [1.29, 1.82) is 5.26 Å². The number of carbonyl (C=O) groups is 1. The van der Waals surface area contributed by atoms with Crippen LogP contribution >= 0.6 is 0 Å². The second-order valence-electron chi connectivity index (χ2n) is 6.95.